The molecule has 1 fully saturated rings. The number of nitrogens with zero attached hydrogens (tertiary/aromatic N) is 2. The number of anilines is 2. The maximum absolute atomic E-state index is 14.4. The zero-order chi connectivity index (χ0) is 16.9. The topological polar surface area (TPSA) is 35.9 Å². The van der Waals surface area contributed by atoms with Crippen LogP contribution >= 0.6 is 0 Å². The van der Waals surface area contributed by atoms with Crippen LogP contribution in [0.15, 0.2) is 42.5 Å². The number of hydrogen-bond acceptors (Lipinski definition) is 4. The maximum Gasteiger partial charge on any atom is 0.151 e. The van der Waals surface area contributed by atoms with Crippen LogP contribution in [0.5, 0.6) is 0 Å². The second-order valence-corrected chi connectivity index (χ2v) is 5.98. The molecular formula is C19H23FN2O2. The highest BCUT2D eigenvalue weighted by Gasteiger charge is 2.20. The van der Waals surface area contributed by atoms with Gasteiger partial charge in [0.25, 0.3) is 0 Å². The Morgan fingerprint density at radius 3 is 2.29 bits per heavy atom. The second-order valence-electron chi connectivity index (χ2n) is 5.98. The zero-order valence-corrected chi connectivity index (χ0v) is 13.9. The van der Waals surface area contributed by atoms with E-state index < -0.39 is 0 Å². The third-order valence-corrected chi connectivity index (χ3v) is 4.46. The Kier molecular flexibility index (Phi) is 5.33. The second kappa shape index (κ2) is 7.64. The molecule has 0 unspecified atom stereocenters. The van der Waals surface area contributed by atoms with Crippen LogP contribution in [0, 0.1) is 5.82 Å². The average Bonchev–Trinajstić information content (AvgIpc) is 2.63. The van der Waals surface area contributed by atoms with Crippen molar-refractivity contribution in [1.29, 1.82) is 0 Å². The molecule has 2 aromatic rings. The molecule has 0 aromatic heterocycles. The summed E-state index contributed by atoms with van der Waals surface area (Å²) in [6.45, 7) is 3.54. The minimum absolute atomic E-state index is 0.270. The molecule has 1 N–H and O–H groups in total. The fraction of sp³-hybridized carbons (Fsp3) is 0.368. The van der Waals surface area contributed by atoms with E-state index in [1.807, 2.05) is 4.90 Å². The standard InChI is InChI=1S/C19H23FN2O2/c1-24-14-15-5-7-17(8-6-15)21-9-11-22(12-10-21)18-4-2-3-16(13-23)19(18)20/h2-8,23H,9-14H2,1H3. The van der Waals surface area contributed by atoms with Gasteiger partial charge >= 0.3 is 0 Å². The number of piperazine rings is 1. The molecule has 0 radical (unpaired) electrons. The van der Waals surface area contributed by atoms with Crippen molar-refractivity contribution in [2.24, 2.45) is 0 Å². The van der Waals surface area contributed by atoms with Gasteiger partial charge in [-0.25, -0.2) is 4.39 Å². The average molecular weight is 330 g/mol. The lowest BCUT2D eigenvalue weighted by molar-refractivity contribution is 0.185. The first kappa shape index (κ1) is 16.7. The summed E-state index contributed by atoms with van der Waals surface area (Å²) in [7, 11) is 1.69. The quantitative estimate of drug-likeness (QED) is 0.914. The van der Waals surface area contributed by atoms with Crippen LogP contribution in [0.2, 0.25) is 0 Å². The van der Waals surface area contributed by atoms with E-state index in [1.54, 1.807) is 25.3 Å². The number of ether oxygens (including phenoxy) is 1. The van der Waals surface area contributed by atoms with Gasteiger partial charge in [-0.3, -0.25) is 0 Å². The van der Waals surface area contributed by atoms with Gasteiger partial charge in [-0.05, 0) is 23.8 Å². The largest absolute Gasteiger partial charge is 0.392 e. The first-order valence-corrected chi connectivity index (χ1v) is 8.19. The summed E-state index contributed by atoms with van der Waals surface area (Å²) in [6.07, 6.45) is 0. The number of methoxy groups -OCH3 is 1. The molecule has 0 amide bonds. The van der Waals surface area contributed by atoms with Gasteiger partial charge in [0.2, 0.25) is 0 Å². The molecule has 1 saturated heterocycles. The number of hydrogen-bond donors (Lipinski definition) is 1. The van der Waals surface area contributed by atoms with E-state index in [2.05, 4.69) is 29.2 Å². The molecule has 1 heterocycles. The van der Waals surface area contributed by atoms with Crippen LogP contribution in [-0.4, -0.2) is 38.4 Å². The maximum atomic E-state index is 14.4. The van der Waals surface area contributed by atoms with Gasteiger partial charge in [-0.15, -0.1) is 0 Å². The number of rotatable bonds is 5. The van der Waals surface area contributed by atoms with Crippen LogP contribution in [-0.2, 0) is 18.0 Å². The van der Waals surface area contributed by atoms with Crippen LogP contribution < -0.4 is 9.80 Å². The van der Waals surface area contributed by atoms with Crippen LogP contribution in [0.4, 0.5) is 15.8 Å². The first-order valence-electron chi connectivity index (χ1n) is 8.19. The van der Waals surface area contributed by atoms with E-state index in [0.29, 0.717) is 17.9 Å². The van der Waals surface area contributed by atoms with Gasteiger partial charge in [-0.1, -0.05) is 24.3 Å². The smallest absolute Gasteiger partial charge is 0.151 e. The molecule has 128 valence electrons. The fourth-order valence-corrected chi connectivity index (χ4v) is 3.11. The van der Waals surface area contributed by atoms with Crippen molar-refractivity contribution in [3.63, 3.8) is 0 Å². The van der Waals surface area contributed by atoms with E-state index in [-0.39, 0.29) is 12.4 Å². The van der Waals surface area contributed by atoms with Gasteiger partial charge < -0.3 is 19.6 Å². The molecule has 1 aliphatic heterocycles. The predicted molar refractivity (Wildman–Crippen MR) is 93.9 cm³/mol. The van der Waals surface area contributed by atoms with E-state index >= 15 is 0 Å². The van der Waals surface area contributed by atoms with Crippen molar-refractivity contribution < 1.29 is 14.2 Å². The molecule has 5 heteroatoms. The van der Waals surface area contributed by atoms with Gasteiger partial charge in [0.05, 0.1) is 18.9 Å². The minimum Gasteiger partial charge on any atom is -0.392 e. The summed E-state index contributed by atoms with van der Waals surface area (Å²) in [6, 6.07) is 13.6. The molecule has 2 aromatic carbocycles. The predicted octanol–water partition coefficient (Wildman–Crippen LogP) is 2.79. The third kappa shape index (κ3) is 3.52. The lowest BCUT2D eigenvalue weighted by atomic mass is 10.1. The van der Waals surface area contributed by atoms with Gasteiger partial charge in [0.15, 0.2) is 5.82 Å². The van der Waals surface area contributed by atoms with Gasteiger partial charge in [0, 0.05) is 44.5 Å². The van der Waals surface area contributed by atoms with E-state index in [4.69, 9.17) is 4.74 Å². The van der Waals surface area contributed by atoms with Crippen molar-refractivity contribution in [1.82, 2.24) is 0 Å². The fourth-order valence-electron chi connectivity index (χ4n) is 3.11. The highest BCUT2D eigenvalue weighted by atomic mass is 19.1. The van der Waals surface area contributed by atoms with Crippen molar-refractivity contribution in [3.8, 4) is 0 Å². The Bertz CT molecular complexity index is 668. The monoisotopic (exact) mass is 330 g/mol. The molecule has 0 atom stereocenters. The number of halogens is 1. The lowest BCUT2D eigenvalue weighted by Gasteiger charge is -2.37. The van der Waals surface area contributed by atoms with Crippen molar-refractivity contribution >= 4 is 11.4 Å². The van der Waals surface area contributed by atoms with E-state index in [1.165, 1.54) is 5.69 Å². The summed E-state index contributed by atoms with van der Waals surface area (Å²) in [5.41, 5.74) is 3.27. The number of aliphatic hydroxyl groups is 1. The Labute approximate surface area is 142 Å². The number of aliphatic hydroxyl groups excluding tert-OH is 1. The van der Waals surface area contributed by atoms with Crippen LogP contribution in [0.1, 0.15) is 11.1 Å². The SMILES string of the molecule is COCc1ccc(N2CCN(c3cccc(CO)c3F)CC2)cc1. The Hall–Kier alpha value is -2.11. The van der Waals surface area contributed by atoms with E-state index in [0.717, 1.165) is 31.7 Å². The van der Waals surface area contributed by atoms with Crippen molar-refractivity contribution in [2.45, 2.75) is 13.2 Å². The van der Waals surface area contributed by atoms with E-state index in [9.17, 15) is 9.50 Å². The molecule has 1 aliphatic rings. The normalized spacial score (nSPS) is 15.0. The molecular weight excluding hydrogens is 307 g/mol. The number of benzene rings is 2. The first-order chi connectivity index (χ1) is 11.7. The third-order valence-electron chi connectivity index (χ3n) is 4.46. The Balaban J connectivity index is 1.65. The highest BCUT2D eigenvalue weighted by molar-refractivity contribution is 5.54. The Morgan fingerprint density at radius 1 is 1.00 bits per heavy atom. The molecule has 0 bridgehead atoms. The lowest BCUT2D eigenvalue weighted by Crippen LogP contribution is -2.46. The van der Waals surface area contributed by atoms with Crippen molar-refractivity contribution in [3.05, 3.63) is 59.4 Å². The molecule has 0 saturated carbocycles. The van der Waals surface area contributed by atoms with Crippen LogP contribution in [0.3, 0.4) is 0 Å². The van der Waals surface area contributed by atoms with Gasteiger partial charge in [0.1, 0.15) is 0 Å². The molecule has 24 heavy (non-hydrogen) atoms. The summed E-state index contributed by atoms with van der Waals surface area (Å²) >= 11 is 0. The molecule has 3 rings (SSSR count). The molecule has 0 spiro atoms. The van der Waals surface area contributed by atoms with Gasteiger partial charge in [-0.2, -0.15) is 0 Å². The van der Waals surface area contributed by atoms with Crippen LogP contribution in [0.25, 0.3) is 0 Å². The minimum atomic E-state index is -0.308. The summed E-state index contributed by atoms with van der Waals surface area (Å²) in [5.74, 6) is -0.308. The zero-order valence-electron chi connectivity index (χ0n) is 13.9. The molecule has 4 nitrogen and oxygen atoms in total. The molecule has 0 aliphatic carbocycles. The summed E-state index contributed by atoms with van der Waals surface area (Å²) < 4.78 is 19.5. The Morgan fingerprint density at radius 2 is 1.67 bits per heavy atom. The van der Waals surface area contributed by atoms with Crippen molar-refractivity contribution in [2.75, 3.05) is 43.1 Å². The summed E-state index contributed by atoms with van der Waals surface area (Å²) in [5, 5.41) is 9.22. The summed E-state index contributed by atoms with van der Waals surface area (Å²) in [4.78, 5) is 4.35. The highest BCUT2D eigenvalue weighted by Crippen LogP contribution is 2.25.